The molecular weight excluding hydrogens is 178 g/mol. The van der Waals surface area contributed by atoms with Gasteiger partial charge in [-0.2, -0.15) is 0 Å². The number of rotatable bonds is 3. The average Bonchev–Trinajstić information content (AvgIpc) is 2.17. The molecule has 0 heterocycles. The van der Waals surface area contributed by atoms with Crippen LogP contribution in [0.25, 0.3) is 0 Å². The number of ether oxygens (including phenoxy) is 1. The maximum atomic E-state index is 10.6. The van der Waals surface area contributed by atoms with Gasteiger partial charge in [0.15, 0.2) is 0 Å². The van der Waals surface area contributed by atoms with Crippen LogP contribution >= 0.6 is 0 Å². The fraction of sp³-hybridized carbons (Fsp3) is 0.364. The number of carbonyl (C=O) groups excluding carboxylic acids is 1. The van der Waals surface area contributed by atoms with Gasteiger partial charge in [-0.3, -0.25) is 0 Å². The molecule has 0 fully saturated rings. The minimum absolute atomic E-state index is 0.567. The topological polar surface area (TPSA) is 52.3 Å². The predicted octanol–water partition coefficient (Wildman–Crippen LogP) is 2.27. The molecule has 1 aromatic carbocycles. The highest BCUT2D eigenvalue weighted by Crippen LogP contribution is 2.21. The van der Waals surface area contributed by atoms with Gasteiger partial charge in [-0.15, -0.1) is 0 Å². The Hall–Kier alpha value is -1.51. The molecule has 0 radical (unpaired) electrons. The highest BCUT2D eigenvalue weighted by Gasteiger charge is 2.05. The minimum Gasteiger partial charge on any atom is -0.410 e. The molecule has 0 unspecified atom stereocenters. The number of nitrogens with two attached hydrogens (primary N) is 1. The predicted molar refractivity (Wildman–Crippen MR) is 55.4 cm³/mol. The van der Waals surface area contributed by atoms with Crippen LogP contribution in [-0.2, 0) is 12.8 Å². The van der Waals surface area contributed by atoms with E-state index in [1.54, 1.807) is 6.07 Å². The molecule has 76 valence electrons. The normalized spacial score (nSPS) is 9.86. The van der Waals surface area contributed by atoms with Crippen molar-refractivity contribution in [1.29, 1.82) is 0 Å². The number of primary amides is 1. The molecular formula is C11H15NO2. The Labute approximate surface area is 83.9 Å². The van der Waals surface area contributed by atoms with Gasteiger partial charge >= 0.3 is 6.09 Å². The van der Waals surface area contributed by atoms with Crippen molar-refractivity contribution in [3.8, 4) is 5.75 Å². The molecule has 0 aliphatic carbocycles. The van der Waals surface area contributed by atoms with Crippen molar-refractivity contribution in [2.45, 2.75) is 26.7 Å². The molecule has 0 aromatic heterocycles. The molecule has 2 N–H and O–H groups in total. The molecule has 0 spiro atoms. The summed E-state index contributed by atoms with van der Waals surface area (Å²) in [4.78, 5) is 10.6. The van der Waals surface area contributed by atoms with Crippen LogP contribution in [0.5, 0.6) is 5.75 Å². The van der Waals surface area contributed by atoms with E-state index in [-0.39, 0.29) is 0 Å². The molecule has 0 aliphatic heterocycles. The monoisotopic (exact) mass is 193 g/mol. The van der Waals surface area contributed by atoms with Crippen molar-refractivity contribution in [3.63, 3.8) is 0 Å². The Morgan fingerprint density at radius 3 is 2.57 bits per heavy atom. The number of carbonyl (C=O) groups is 1. The molecule has 0 saturated heterocycles. The molecule has 1 amide bonds. The maximum Gasteiger partial charge on any atom is 0.409 e. The summed E-state index contributed by atoms with van der Waals surface area (Å²) in [7, 11) is 0. The quantitative estimate of drug-likeness (QED) is 0.800. The van der Waals surface area contributed by atoms with E-state index < -0.39 is 6.09 Å². The Morgan fingerprint density at radius 1 is 1.36 bits per heavy atom. The van der Waals surface area contributed by atoms with Gasteiger partial charge in [0, 0.05) is 0 Å². The lowest BCUT2D eigenvalue weighted by atomic mass is 10.1. The summed E-state index contributed by atoms with van der Waals surface area (Å²) in [6.07, 6.45) is 1.05. The van der Waals surface area contributed by atoms with Gasteiger partial charge in [-0.25, -0.2) is 4.79 Å². The first-order valence-corrected chi connectivity index (χ1v) is 4.76. The second-order valence-electron chi connectivity index (χ2n) is 3.07. The number of hydrogen-bond donors (Lipinski definition) is 1. The first-order chi connectivity index (χ1) is 6.67. The number of benzene rings is 1. The standard InChI is InChI=1S/C11H15NO2/c1-3-8-5-6-10(14-11(12)13)9(4-2)7-8/h5-7H,3-4H2,1-2H3,(H2,12,13). The van der Waals surface area contributed by atoms with Crippen LogP contribution in [-0.4, -0.2) is 6.09 Å². The Balaban J connectivity index is 2.98. The van der Waals surface area contributed by atoms with E-state index in [0.29, 0.717) is 5.75 Å². The van der Waals surface area contributed by atoms with Crippen LogP contribution in [0, 0.1) is 0 Å². The summed E-state index contributed by atoms with van der Waals surface area (Å²) >= 11 is 0. The molecule has 3 nitrogen and oxygen atoms in total. The van der Waals surface area contributed by atoms with E-state index >= 15 is 0 Å². The second kappa shape index (κ2) is 4.65. The van der Waals surface area contributed by atoms with E-state index in [9.17, 15) is 4.79 Å². The Kier molecular flexibility index (Phi) is 3.51. The van der Waals surface area contributed by atoms with Crippen LogP contribution in [0.3, 0.4) is 0 Å². The van der Waals surface area contributed by atoms with E-state index in [2.05, 4.69) is 6.92 Å². The lowest BCUT2D eigenvalue weighted by Gasteiger charge is -2.08. The summed E-state index contributed by atoms with van der Waals surface area (Å²) in [6.45, 7) is 4.10. The first kappa shape index (κ1) is 10.6. The van der Waals surface area contributed by atoms with Crippen molar-refractivity contribution < 1.29 is 9.53 Å². The fourth-order valence-electron chi connectivity index (χ4n) is 1.34. The summed E-state index contributed by atoms with van der Waals surface area (Å²) in [5.41, 5.74) is 7.21. The van der Waals surface area contributed by atoms with Crippen LogP contribution < -0.4 is 10.5 Å². The van der Waals surface area contributed by atoms with Crippen molar-refractivity contribution >= 4 is 6.09 Å². The average molecular weight is 193 g/mol. The third kappa shape index (κ3) is 2.49. The Morgan fingerprint density at radius 2 is 2.07 bits per heavy atom. The molecule has 14 heavy (non-hydrogen) atoms. The molecule has 0 atom stereocenters. The highest BCUT2D eigenvalue weighted by molar-refractivity contribution is 5.68. The molecule has 0 aliphatic rings. The summed E-state index contributed by atoms with van der Waals surface area (Å²) in [6, 6.07) is 5.78. The summed E-state index contributed by atoms with van der Waals surface area (Å²) in [5.74, 6) is 0.567. The fourth-order valence-corrected chi connectivity index (χ4v) is 1.34. The van der Waals surface area contributed by atoms with E-state index in [1.165, 1.54) is 5.56 Å². The van der Waals surface area contributed by atoms with Crippen LogP contribution in [0.2, 0.25) is 0 Å². The van der Waals surface area contributed by atoms with Crippen LogP contribution in [0.1, 0.15) is 25.0 Å². The van der Waals surface area contributed by atoms with Crippen LogP contribution in [0.4, 0.5) is 4.79 Å². The third-order valence-electron chi connectivity index (χ3n) is 2.12. The van der Waals surface area contributed by atoms with Crippen LogP contribution in [0.15, 0.2) is 18.2 Å². The lowest BCUT2D eigenvalue weighted by molar-refractivity contribution is 0.210. The van der Waals surface area contributed by atoms with Crippen molar-refractivity contribution in [2.24, 2.45) is 5.73 Å². The van der Waals surface area contributed by atoms with Gasteiger partial charge in [-0.1, -0.05) is 26.0 Å². The van der Waals surface area contributed by atoms with Gasteiger partial charge in [0.1, 0.15) is 5.75 Å². The van der Waals surface area contributed by atoms with Gasteiger partial charge in [0.25, 0.3) is 0 Å². The molecule has 0 bridgehead atoms. The SMILES string of the molecule is CCc1ccc(OC(N)=O)c(CC)c1. The zero-order valence-corrected chi connectivity index (χ0v) is 8.54. The van der Waals surface area contributed by atoms with E-state index in [1.807, 2.05) is 19.1 Å². The Bertz CT molecular complexity index is 334. The largest absolute Gasteiger partial charge is 0.410 e. The van der Waals surface area contributed by atoms with Gasteiger partial charge in [0.05, 0.1) is 0 Å². The van der Waals surface area contributed by atoms with Gasteiger partial charge in [0.2, 0.25) is 0 Å². The summed E-state index contributed by atoms with van der Waals surface area (Å²) < 4.78 is 4.87. The molecule has 1 rings (SSSR count). The zero-order valence-electron chi connectivity index (χ0n) is 8.54. The van der Waals surface area contributed by atoms with E-state index in [4.69, 9.17) is 10.5 Å². The maximum absolute atomic E-state index is 10.6. The third-order valence-corrected chi connectivity index (χ3v) is 2.12. The first-order valence-electron chi connectivity index (χ1n) is 4.76. The van der Waals surface area contributed by atoms with Crippen molar-refractivity contribution in [3.05, 3.63) is 29.3 Å². The second-order valence-corrected chi connectivity index (χ2v) is 3.07. The number of amides is 1. The molecule has 3 heteroatoms. The highest BCUT2D eigenvalue weighted by atomic mass is 16.5. The number of aryl methyl sites for hydroxylation is 2. The minimum atomic E-state index is -0.760. The lowest BCUT2D eigenvalue weighted by Crippen LogP contribution is -2.17. The van der Waals surface area contributed by atoms with Crippen molar-refractivity contribution in [1.82, 2.24) is 0 Å². The zero-order chi connectivity index (χ0) is 10.6. The van der Waals surface area contributed by atoms with Gasteiger partial charge < -0.3 is 10.5 Å². The number of hydrogen-bond acceptors (Lipinski definition) is 2. The molecule has 1 aromatic rings. The summed E-state index contributed by atoms with van der Waals surface area (Å²) in [5, 5.41) is 0. The van der Waals surface area contributed by atoms with E-state index in [0.717, 1.165) is 18.4 Å². The molecule has 0 saturated carbocycles. The smallest absolute Gasteiger partial charge is 0.409 e. The van der Waals surface area contributed by atoms with Crippen molar-refractivity contribution in [2.75, 3.05) is 0 Å². The van der Waals surface area contributed by atoms with Gasteiger partial charge in [-0.05, 0) is 30.0 Å².